The summed E-state index contributed by atoms with van der Waals surface area (Å²) in [6, 6.07) is 11.1. The molecule has 1 aromatic carbocycles. The van der Waals surface area contributed by atoms with Gasteiger partial charge in [0, 0.05) is 43.4 Å². The Hall–Kier alpha value is -3.02. The lowest BCUT2D eigenvalue weighted by atomic mass is 9.83. The lowest BCUT2D eigenvalue weighted by molar-refractivity contribution is -0.128. The van der Waals surface area contributed by atoms with E-state index in [0.717, 1.165) is 23.4 Å². The fourth-order valence-corrected chi connectivity index (χ4v) is 4.37. The third kappa shape index (κ3) is 2.91. The molecule has 2 atom stereocenters. The molecule has 2 bridgehead atoms. The zero-order valence-electron chi connectivity index (χ0n) is 14.8. The van der Waals surface area contributed by atoms with Crippen LogP contribution < -0.4 is 15.0 Å². The first kappa shape index (κ1) is 16.2. The van der Waals surface area contributed by atoms with Gasteiger partial charge in [0.15, 0.2) is 11.5 Å². The van der Waals surface area contributed by atoms with E-state index in [0.29, 0.717) is 31.3 Å². The van der Waals surface area contributed by atoms with Gasteiger partial charge in [-0.2, -0.15) is 0 Å². The molecule has 4 heterocycles. The number of aromatic nitrogens is 1. The summed E-state index contributed by atoms with van der Waals surface area (Å²) in [7, 11) is 0. The highest BCUT2D eigenvalue weighted by molar-refractivity contribution is 5.92. The van der Waals surface area contributed by atoms with Gasteiger partial charge in [0.1, 0.15) is 0 Å². The first-order chi connectivity index (χ1) is 13.2. The second kappa shape index (κ2) is 6.30. The summed E-state index contributed by atoms with van der Waals surface area (Å²) < 4.78 is 12.6. The minimum Gasteiger partial charge on any atom is -0.454 e. The van der Waals surface area contributed by atoms with E-state index in [1.54, 1.807) is 12.1 Å². The first-order valence-corrected chi connectivity index (χ1v) is 9.24. The number of nitrogens with zero attached hydrogens (tertiary/aromatic N) is 2. The topological polar surface area (TPSA) is 60.8 Å². The Kier molecular flexibility index (Phi) is 3.77. The van der Waals surface area contributed by atoms with Crippen LogP contribution in [0.1, 0.15) is 23.6 Å². The van der Waals surface area contributed by atoms with E-state index in [1.807, 2.05) is 45.9 Å². The number of carbonyl (C=O) groups excluding carboxylic acids is 1. The number of likely N-dealkylation sites (tertiary alicyclic amines) is 1. The van der Waals surface area contributed by atoms with Crippen molar-refractivity contribution >= 4 is 12.0 Å². The molecule has 1 aromatic heterocycles. The molecule has 6 nitrogen and oxygen atoms in total. The highest BCUT2D eigenvalue weighted by Gasteiger charge is 2.35. The Morgan fingerprint density at radius 2 is 1.96 bits per heavy atom. The molecule has 0 N–H and O–H groups in total. The fourth-order valence-electron chi connectivity index (χ4n) is 4.37. The van der Waals surface area contributed by atoms with Gasteiger partial charge in [-0.15, -0.1) is 0 Å². The summed E-state index contributed by atoms with van der Waals surface area (Å²) in [5.74, 6) is 2.01. The minimum atomic E-state index is 0.00842. The summed E-state index contributed by atoms with van der Waals surface area (Å²) in [4.78, 5) is 26.7. The molecular formula is C21H20N2O4. The number of amides is 1. The van der Waals surface area contributed by atoms with E-state index in [4.69, 9.17) is 9.47 Å². The molecule has 3 aliphatic heterocycles. The summed E-state index contributed by atoms with van der Waals surface area (Å²) in [6.45, 7) is 2.29. The van der Waals surface area contributed by atoms with E-state index in [9.17, 15) is 9.59 Å². The summed E-state index contributed by atoms with van der Waals surface area (Å²) in [5, 5.41) is 0. The predicted molar refractivity (Wildman–Crippen MR) is 99.7 cm³/mol. The third-order valence-corrected chi connectivity index (χ3v) is 5.61. The van der Waals surface area contributed by atoms with E-state index in [1.165, 1.54) is 0 Å². The Balaban J connectivity index is 1.33. The lowest BCUT2D eigenvalue weighted by Gasteiger charge is -2.42. The zero-order chi connectivity index (χ0) is 18.4. The molecular weight excluding hydrogens is 344 g/mol. The Morgan fingerprint density at radius 3 is 2.89 bits per heavy atom. The number of rotatable bonds is 2. The number of carbonyl (C=O) groups is 1. The van der Waals surface area contributed by atoms with Crippen LogP contribution in [0.3, 0.4) is 0 Å². The molecule has 0 radical (unpaired) electrons. The highest BCUT2D eigenvalue weighted by atomic mass is 16.7. The standard InChI is InChI=1S/C21H20N2O4/c24-20(7-5-14-4-6-18-19(9-14)27-13-26-18)22-10-15-8-16(12-22)17-2-1-3-21(25)23(17)11-15/h1-7,9,15-16H,8,10-13H2/t15-,16-/m0/s1. The normalized spacial score (nSPS) is 22.7. The maximum absolute atomic E-state index is 12.7. The van der Waals surface area contributed by atoms with Gasteiger partial charge in [0.05, 0.1) is 0 Å². The van der Waals surface area contributed by atoms with Gasteiger partial charge in [0.25, 0.3) is 5.56 Å². The maximum atomic E-state index is 12.7. The molecule has 0 spiro atoms. The predicted octanol–water partition coefficient (Wildman–Crippen LogP) is 2.24. The fraction of sp³-hybridized carbons (Fsp3) is 0.333. The number of ether oxygens (including phenoxy) is 2. The molecule has 6 heteroatoms. The van der Waals surface area contributed by atoms with Crippen LogP contribution in [0.15, 0.2) is 47.3 Å². The highest BCUT2D eigenvalue weighted by Crippen LogP contribution is 2.35. The van der Waals surface area contributed by atoms with Gasteiger partial charge < -0.3 is 18.9 Å². The van der Waals surface area contributed by atoms with Gasteiger partial charge in [-0.05, 0) is 42.2 Å². The zero-order valence-corrected chi connectivity index (χ0v) is 14.8. The molecule has 2 aromatic rings. The smallest absolute Gasteiger partial charge is 0.250 e. The summed E-state index contributed by atoms with van der Waals surface area (Å²) in [5.41, 5.74) is 2.02. The van der Waals surface area contributed by atoms with E-state index >= 15 is 0 Å². The Labute approximate surface area is 156 Å². The molecule has 138 valence electrons. The van der Waals surface area contributed by atoms with Crippen LogP contribution in [-0.4, -0.2) is 35.3 Å². The van der Waals surface area contributed by atoms with Crippen molar-refractivity contribution in [2.75, 3.05) is 19.9 Å². The monoisotopic (exact) mass is 364 g/mol. The van der Waals surface area contributed by atoms with Gasteiger partial charge in [-0.3, -0.25) is 9.59 Å². The van der Waals surface area contributed by atoms with Crippen LogP contribution in [0.25, 0.3) is 6.08 Å². The second-order valence-electron chi connectivity index (χ2n) is 7.39. The van der Waals surface area contributed by atoms with E-state index < -0.39 is 0 Å². The number of fused-ring (bicyclic) bond motifs is 5. The third-order valence-electron chi connectivity index (χ3n) is 5.61. The molecule has 1 fully saturated rings. The van der Waals surface area contributed by atoms with Crippen molar-refractivity contribution in [1.82, 2.24) is 9.47 Å². The molecule has 0 unspecified atom stereocenters. The van der Waals surface area contributed by atoms with Crippen molar-refractivity contribution in [2.24, 2.45) is 5.92 Å². The van der Waals surface area contributed by atoms with Gasteiger partial charge >= 0.3 is 0 Å². The SMILES string of the molecule is O=C(C=Cc1ccc2c(c1)OCO2)N1C[C@@H]2C[C@@H](C1)c1cccc(=O)n1C2. The van der Waals surface area contributed by atoms with Gasteiger partial charge in [-0.1, -0.05) is 12.1 Å². The average Bonchev–Trinajstić information content (AvgIpc) is 3.14. The number of pyridine rings is 1. The van der Waals surface area contributed by atoms with Crippen LogP contribution in [0, 0.1) is 5.92 Å². The number of hydrogen-bond donors (Lipinski definition) is 0. The Morgan fingerprint density at radius 1 is 1.07 bits per heavy atom. The second-order valence-corrected chi connectivity index (χ2v) is 7.39. The average molecular weight is 364 g/mol. The lowest BCUT2D eigenvalue weighted by Crippen LogP contribution is -2.48. The number of piperidine rings is 1. The molecule has 27 heavy (non-hydrogen) atoms. The molecule has 5 rings (SSSR count). The van der Waals surface area contributed by atoms with Crippen LogP contribution in [0.5, 0.6) is 11.5 Å². The van der Waals surface area contributed by atoms with Crippen LogP contribution in [-0.2, 0) is 11.3 Å². The quantitative estimate of drug-likeness (QED) is 0.767. The van der Waals surface area contributed by atoms with Crippen LogP contribution >= 0.6 is 0 Å². The summed E-state index contributed by atoms with van der Waals surface area (Å²) >= 11 is 0. The number of hydrogen-bond acceptors (Lipinski definition) is 4. The van der Waals surface area contributed by atoms with Crippen molar-refractivity contribution in [3.05, 3.63) is 64.1 Å². The van der Waals surface area contributed by atoms with Crippen molar-refractivity contribution in [3.63, 3.8) is 0 Å². The number of benzene rings is 1. The maximum Gasteiger partial charge on any atom is 0.250 e. The van der Waals surface area contributed by atoms with Crippen molar-refractivity contribution in [3.8, 4) is 11.5 Å². The molecule has 1 saturated heterocycles. The minimum absolute atomic E-state index is 0.00842. The molecule has 3 aliphatic rings. The van der Waals surface area contributed by atoms with Crippen LogP contribution in [0.2, 0.25) is 0 Å². The molecule has 0 saturated carbocycles. The van der Waals surface area contributed by atoms with Gasteiger partial charge in [0.2, 0.25) is 12.7 Å². The van der Waals surface area contributed by atoms with Crippen molar-refractivity contribution in [2.45, 2.75) is 18.9 Å². The van der Waals surface area contributed by atoms with E-state index in [-0.39, 0.29) is 24.2 Å². The van der Waals surface area contributed by atoms with Crippen molar-refractivity contribution in [1.29, 1.82) is 0 Å². The van der Waals surface area contributed by atoms with Gasteiger partial charge in [-0.25, -0.2) is 0 Å². The molecule has 1 amide bonds. The summed E-state index contributed by atoms with van der Waals surface area (Å²) in [6.07, 6.45) is 4.48. The van der Waals surface area contributed by atoms with E-state index in [2.05, 4.69) is 0 Å². The molecule has 0 aliphatic carbocycles. The Bertz CT molecular complexity index is 994. The largest absolute Gasteiger partial charge is 0.454 e. The van der Waals surface area contributed by atoms with Crippen LogP contribution in [0.4, 0.5) is 0 Å². The van der Waals surface area contributed by atoms with Crippen molar-refractivity contribution < 1.29 is 14.3 Å². The first-order valence-electron chi connectivity index (χ1n) is 9.24.